The highest BCUT2D eigenvalue weighted by atomic mass is 16.3. The number of hydrogen-bond donors (Lipinski definition) is 1. The number of rotatable bonds is 1. The first-order valence-electron chi connectivity index (χ1n) is 4.81. The standard InChI is InChI=1S/C10H17NO3/c1-10(2,3)5-9(14)11-6-7(12)4-8(11)13/h7,12H,4-6H2,1-3H3/t7-/m1/s1. The molecule has 1 atom stereocenters. The van der Waals surface area contributed by atoms with Gasteiger partial charge in [-0.25, -0.2) is 0 Å². The van der Waals surface area contributed by atoms with Gasteiger partial charge in [0.1, 0.15) is 0 Å². The van der Waals surface area contributed by atoms with Crippen LogP contribution in [0.15, 0.2) is 0 Å². The summed E-state index contributed by atoms with van der Waals surface area (Å²) in [5, 5.41) is 9.20. The fraction of sp³-hybridized carbons (Fsp3) is 0.800. The van der Waals surface area contributed by atoms with Gasteiger partial charge in [-0.15, -0.1) is 0 Å². The van der Waals surface area contributed by atoms with Crippen LogP contribution in [0.3, 0.4) is 0 Å². The lowest BCUT2D eigenvalue weighted by Gasteiger charge is -2.21. The Labute approximate surface area is 83.9 Å². The first-order chi connectivity index (χ1) is 6.29. The van der Waals surface area contributed by atoms with Crippen molar-refractivity contribution < 1.29 is 14.7 Å². The Balaban J connectivity index is 2.58. The summed E-state index contributed by atoms with van der Waals surface area (Å²) in [6, 6.07) is 0. The van der Waals surface area contributed by atoms with Crippen molar-refractivity contribution in [3.8, 4) is 0 Å². The molecule has 1 aliphatic heterocycles. The summed E-state index contributed by atoms with van der Waals surface area (Å²) in [4.78, 5) is 24.0. The predicted molar refractivity (Wildman–Crippen MR) is 51.4 cm³/mol. The van der Waals surface area contributed by atoms with Crippen molar-refractivity contribution in [2.45, 2.75) is 39.7 Å². The quantitative estimate of drug-likeness (QED) is 0.670. The Kier molecular flexibility index (Phi) is 2.95. The predicted octanol–water partition coefficient (Wildman–Crippen LogP) is 0.542. The third-order valence-corrected chi connectivity index (χ3v) is 2.09. The summed E-state index contributed by atoms with van der Waals surface area (Å²) >= 11 is 0. The summed E-state index contributed by atoms with van der Waals surface area (Å²) in [6.45, 7) is 6.00. The van der Waals surface area contributed by atoms with Crippen LogP contribution in [0, 0.1) is 5.41 Å². The monoisotopic (exact) mass is 199 g/mol. The zero-order chi connectivity index (χ0) is 10.9. The lowest BCUT2D eigenvalue weighted by molar-refractivity contribution is -0.142. The van der Waals surface area contributed by atoms with Gasteiger partial charge in [-0.1, -0.05) is 20.8 Å². The molecule has 1 fully saturated rings. The van der Waals surface area contributed by atoms with Crippen LogP contribution in [0.4, 0.5) is 0 Å². The number of aliphatic hydroxyl groups excluding tert-OH is 1. The van der Waals surface area contributed by atoms with Crippen LogP contribution in [-0.4, -0.2) is 34.5 Å². The average molecular weight is 199 g/mol. The van der Waals surface area contributed by atoms with Gasteiger partial charge in [0.25, 0.3) is 0 Å². The third kappa shape index (κ3) is 2.80. The topological polar surface area (TPSA) is 57.6 Å². The minimum absolute atomic E-state index is 0.0792. The van der Waals surface area contributed by atoms with Crippen LogP contribution in [0.2, 0.25) is 0 Å². The maximum atomic E-state index is 11.6. The van der Waals surface area contributed by atoms with E-state index in [1.807, 2.05) is 20.8 Å². The van der Waals surface area contributed by atoms with Gasteiger partial charge in [-0.3, -0.25) is 14.5 Å². The lowest BCUT2D eigenvalue weighted by atomic mass is 9.92. The normalized spacial score (nSPS) is 23.0. The molecule has 1 saturated heterocycles. The van der Waals surface area contributed by atoms with Gasteiger partial charge < -0.3 is 5.11 Å². The van der Waals surface area contributed by atoms with E-state index < -0.39 is 6.10 Å². The molecular formula is C10H17NO3. The fourth-order valence-corrected chi connectivity index (χ4v) is 1.48. The Morgan fingerprint density at radius 1 is 1.57 bits per heavy atom. The van der Waals surface area contributed by atoms with Crippen LogP contribution in [0.5, 0.6) is 0 Å². The van der Waals surface area contributed by atoms with E-state index in [2.05, 4.69) is 0 Å². The van der Waals surface area contributed by atoms with Crippen LogP contribution < -0.4 is 0 Å². The van der Waals surface area contributed by atoms with Crippen molar-refractivity contribution in [2.24, 2.45) is 5.41 Å². The van der Waals surface area contributed by atoms with E-state index in [1.165, 1.54) is 0 Å². The number of β-amino-alcohol motifs (C(OH)–C–C–N with tert-alkyl or cyclic N) is 1. The zero-order valence-corrected chi connectivity index (χ0v) is 8.91. The second-order valence-electron chi connectivity index (χ2n) is 4.99. The molecule has 0 spiro atoms. The summed E-state index contributed by atoms with van der Waals surface area (Å²) in [5.41, 5.74) is -0.120. The summed E-state index contributed by atoms with van der Waals surface area (Å²) in [7, 11) is 0. The van der Waals surface area contributed by atoms with E-state index >= 15 is 0 Å². The molecule has 80 valence electrons. The molecule has 4 nitrogen and oxygen atoms in total. The Bertz CT molecular complexity index is 255. The highest BCUT2D eigenvalue weighted by molar-refractivity contribution is 5.97. The number of aliphatic hydroxyl groups is 1. The minimum Gasteiger partial charge on any atom is -0.391 e. The second kappa shape index (κ2) is 3.69. The average Bonchev–Trinajstić information content (AvgIpc) is 2.26. The van der Waals surface area contributed by atoms with Crippen molar-refractivity contribution in [2.75, 3.05) is 6.54 Å². The summed E-state index contributed by atoms with van der Waals surface area (Å²) < 4.78 is 0. The van der Waals surface area contributed by atoms with Gasteiger partial charge in [0.2, 0.25) is 11.8 Å². The van der Waals surface area contributed by atoms with Crippen LogP contribution in [0.25, 0.3) is 0 Å². The molecule has 1 heterocycles. The van der Waals surface area contributed by atoms with E-state index in [1.54, 1.807) is 0 Å². The maximum absolute atomic E-state index is 11.6. The van der Waals surface area contributed by atoms with Gasteiger partial charge in [0, 0.05) is 6.42 Å². The molecule has 1 N–H and O–H groups in total. The van der Waals surface area contributed by atoms with E-state index in [0.717, 1.165) is 4.90 Å². The van der Waals surface area contributed by atoms with Gasteiger partial charge in [0.05, 0.1) is 19.1 Å². The second-order valence-corrected chi connectivity index (χ2v) is 4.99. The van der Waals surface area contributed by atoms with Crippen LogP contribution >= 0.6 is 0 Å². The van der Waals surface area contributed by atoms with Crippen LogP contribution in [-0.2, 0) is 9.59 Å². The number of carbonyl (C=O) groups is 2. The van der Waals surface area contributed by atoms with E-state index in [9.17, 15) is 14.7 Å². The molecule has 0 aromatic rings. The SMILES string of the molecule is CC(C)(C)CC(=O)N1C[C@H](O)CC1=O. The Morgan fingerprint density at radius 2 is 2.14 bits per heavy atom. The summed E-state index contributed by atoms with van der Waals surface area (Å²) in [5.74, 6) is -0.439. The Hall–Kier alpha value is -0.900. The van der Waals surface area contributed by atoms with Crippen molar-refractivity contribution >= 4 is 11.8 Å². The molecule has 0 aromatic heterocycles. The molecule has 4 heteroatoms. The van der Waals surface area contributed by atoms with Crippen molar-refractivity contribution in [1.29, 1.82) is 0 Å². The first-order valence-corrected chi connectivity index (χ1v) is 4.81. The van der Waals surface area contributed by atoms with E-state index in [0.29, 0.717) is 6.42 Å². The number of carbonyl (C=O) groups excluding carboxylic acids is 2. The molecule has 0 bridgehead atoms. The highest BCUT2D eigenvalue weighted by Gasteiger charge is 2.33. The largest absolute Gasteiger partial charge is 0.391 e. The molecule has 1 aliphatic rings. The number of hydrogen-bond acceptors (Lipinski definition) is 3. The van der Waals surface area contributed by atoms with Gasteiger partial charge in [-0.2, -0.15) is 0 Å². The number of amides is 2. The van der Waals surface area contributed by atoms with Gasteiger partial charge >= 0.3 is 0 Å². The molecule has 0 aliphatic carbocycles. The van der Waals surface area contributed by atoms with Crippen molar-refractivity contribution in [1.82, 2.24) is 4.90 Å². The molecule has 0 saturated carbocycles. The van der Waals surface area contributed by atoms with Crippen molar-refractivity contribution in [3.05, 3.63) is 0 Å². The maximum Gasteiger partial charge on any atom is 0.231 e. The van der Waals surface area contributed by atoms with E-state index in [4.69, 9.17) is 0 Å². The van der Waals surface area contributed by atoms with Gasteiger partial charge in [-0.05, 0) is 5.41 Å². The van der Waals surface area contributed by atoms with E-state index in [-0.39, 0.29) is 30.2 Å². The number of likely N-dealkylation sites (tertiary alicyclic amines) is 1. The van der Waals surface area contributed by atoms with Crippen LogP contribution in [0.1, 0.15) is 33.6 Å². The number of imide groups is 1. The third-order valence-electron chi connectivity index (χ3n) is 2.09. The minimum atomic E-state index is -0.675. The molecule has 0 unspecified atom stereocenters. The highest BCUT2D eigenvalue weighted by Crippen LogP contribution is 2.22. The number of nitrogens with zero attached hydrogens (tertiary/aromatic N) is 1. The molecule has 0 aromatic carbocycles. The van der Waals surface area contributed by atoms with Crippen molar-refractivity contribution in [3.63, 3.8) is 0 Å². The summed E-state index contributed by atoms with van der Waals surface area (Å²) in [6.07, 6.45) is -0.257. The molecule has 14 heavy (non-hydrogen) atoms. The Morgan fingerprint density at radius 3 is 2.50 bits per heavy atom. The molecule has 1 rings (SSSR count). The first kappa shape index (κ1) is 11.2. The zero-order valence-electron chi connectivity index (χ0n) is 8.91. The molecular weight excluding hydrogens is 182 g/mol. The lowest BCUT2D eigenvalue weighted by Crippen LogP contribution is -2.35. The molecule has 2 amide bonds. The smallest absolute Gasteiger partial charge is 0.231 e. The van der Waals surface area contributed by atoms with Gasteiger partial charge in [0.15, 0.2) is 0 Å². The molecule has 0 radical (unpaired) electrons. The fourth-order valence-electron chi connectivity index (χ4n) is 1.48.